The molecular formula is C20H27NO. The Bertz CT molecular complexity index is 614. The molecule has 1 aliphatic carbocycles. The molecule has 0 amide bonds. The predicted molar refractivity (Wildman–Crippen MR) is 93.3 cm³/mol. The van der Waals surface area contributed by atoms with Crippen LogP contribution in [0.2, 0.25) is 0 Å². The van der Waals surface area contributed by atoms with Gasteiger partial charge in [-0.2, -0.15) is 0 Å². The molecule has 2 nitrogen and oxygen atoms in total. The van der Waals surface area contributed by atoms with Crippen LogP contribution >= 0.6 is 0 Å². The summed E-state index contributed by atoms with van der Waals surface area (Å²) >= 11 is 0. The molecule has 0 saturated heterocycles. The fourth-order valence-electron chi connectivity index (χ4n) is 3.62. The number of rotatable bonds is 5. The lowest BCUT2D eigenvalue weighted by atomic mass is 9.83. The summed E-state index contributed by atoms with van der Waals surface area (Å²) in [4.78, 5) is 0. The van der Waals surface area contributed by atoms with E-state index < -0.39 is 0 Å². The maximum absolute atomic E-state index is 5.57. The molecular weight excluding hydrogens is 270 g/mol. The molecule has 0 aromatic heterocycles. The van der Waals surface area contributed by atoms with Gasteiger partial charge >= 0.3 is 0 Å². The summed E-state index contributed by atoms with van der Waals surface area (Å²) in [5.41, 5.74) is 1.28. The summed E-state index contributed by atoms with van der Waals surface area (Å²) in [5.74, 6) is 2.76. The van der Waals surface area contributed by atoms with Crippen molar-refractivity contribution in [3.8, 4) is 5.75 Å². The first-order valence-corrected chi connectivity index (χ1v) is 8.53. The van der Waals surface area contributed by atoms with Crippen LogP contribution in [-0.2, 0) is 6.54 Å². The monoisotopic (exact) mass is 297 g/mol. The van der Waals surface area contributed by atoms with Gasteiger partial charge in [0.1, 0.15) is 5.75 Å². The maximum Gasteiger partial charge on any atom is 0.123 e. The van der Waals surface area contributed by atoms with Crippen LogP contribution in [-0.4, -0.2) is 13.7 Å². The van der Waals surface area contributed by atoms with Crippen LogP contribution in [0.15, 0.2) is 36.4 Å². The summed E-state index contributed by atoms with van der Waals surface area (Å²) in [6.07, 6.45) is 5.54. The third-order valence-corrected chi connectivity index (χ3v) is 5.09. The summed E-state index contributed by atoms with van der Waals surface area (Å²) in [7, 11) is 1.76. The number of ether oxygens (including phenoxy) is 1. The minimum absolute atomic E-state index is 0.845. The molecule has 3 rings (SSSR count). The molecule has 1 aliphatic rings. The van der Waals surface area contributed by atoms with E-state index in [1.165, 1.54) is 42.0 Å². The normalized spacial score (nSPS) is 21.9. The Labute approximate surface area is 133 Å². The van der Waals surface area contributed by atoms with Crippen LogP contribution < -0.4 is 10.1 Å². The van der Waals surface area contributed by atoms with E-state index in [4.69, 9.17) is 4.74 Å². The first-order valence-electron chi connectivity index (χ1n) is 8.53. The molecule has 0 bridgehead atoms. The maximum atomic E-state index is 5.57. The number of methoxy groups -OCH3 is 1. The SMILES string of the molecule is COc1ccc2ccccc2c1CNCC1CCC(C)CC1. The Balaban J connectivity index is 1.68. The largest absolute Gasteiger partial charge is 0.496 e. The third-order valence-electron chi connectivity index (χ3n) is 5.09. The van der Waals surface area contributed by atoms with Gasteiger partial charge in [0.05, 0.1) is 7.11 Å². The van der Waals surface area contributed by atoms with Crippen molar-refractivity contribution in [3.63, 3.8) is 0 Å². The van der Waals surface area contributed by atoms with Crippen molar-refractivity contribution in [2.75, 3.05) is 13.7 Å². The molecule has 1 fully saturated rings. The van der Waals surface area contributed by atoms with Gasteiger partial charge < -0.3 is 10.1 Å². The summed E-state index contributed by atoms with van der Waals surface area (Å²) in [5, 5.41) is 6.25. The summed E-state index contributed by atoms with van der Waals surface area (Å²) in [6, 6.07) is 12.8. The topological polar surface area (TPSA) is 21.3 Å². The van der Waals surface area contributed by atoms with Gasteiger partial charge in [-0.1, -0.05) is 50.1 Å². The second kappa shape index (κ2) is 7.15. The van der Waals surface area contributed by atoms with Crippen molar-refractivity contribution in [1.29, 1.82) is 0 Å². The predicted octanol–water partition coefficient (Wildman–Crippen LogP) is 4.76. The summed E-state index contributed by atoms with van der Waals surface area (Å²) in [6.45, 7) is 4.39. The molecule has 0 spiro atoms. The zero-order chi connectivity index (χ0) is 15.4. The number of fused-ring (bicyclic) bond motifs is 1. The van der Waals surface area contributed by atoms with E-state index in [-0.39, 0.29) is 0 Å². The Morgan fingerprint density at radius 3 is 2.59 bits per heavy atom. The van der Waals surface area contributed by atoms with Gasteiger partial charge in [0.2, 0.25) is 0 Å². The smallest absolute Gasteiger partial charge is 0.123 e. The lowest BCUT2D eigenvalue weighted by molar-refractivity contribution is 0.281. The number of hydrogen-bond donors (Lipinski definition) is 1. The lowest BCUT2D eigenvalue weighted by Gasteiger charge is -2.26. The van der Waals surface area contributed by atoms with Gasteiger partial charge in [-0.3, -0.25) is 0 Å². The highest BCUT2D eigenvalue weighted by molar-refractivity contribution is 5.87. The number of benzene rings is 2. The van der Waals surface area contributed by atoms with Gasteiger partial charge in [-0.25, -0.2) is 0 Å². The summed E-state index contributed by atoms with van der Waals surface area (Å²) < 4.78 is 5.57. The van der Waals surface area contributed by atoms with E-state index in [0.717, 1.165) is 30.7 Å². The Morgan fingerprint density at radius 2 is 1.82 bits per heavy atom. The standard InChI is InChI=1S/C20H27NO/c1-15-7-9-16(10-8-15)13-21-14-19-18-6-4-3-5-17(18)11-12-20(19)22-2/h3-6,11-12,15-16,21H,7-10,13-14H2,1-2H3. The van der Waals surface area contributed by atoms with Crippen molar-refractivity contribution < 1.29 is 4.74 Å². The first kappa shape index (κ1) is 15.4. The van der Waals surface area contributed by atoms with E-state index in [9.17, 15) is 0 Å². The van der Waals surface area contributed by atoms with Crippen molar-refractivity contribution in [2.45, 2.75) is 39.2 Å². The van der Waals surface area contributed by atoms with Crippen LogP contribution in [0.4, 0.5) is 0 Å². The van der Waals surface area contributed by atoms with E-state index in [0.29, 0.717) is 0 Å². The molecule has 0 unspecified atom stereocenters. The average molecular weight is 297 g/mol. The highest BCUT2D eigenvalue weighted by atomic mass is 16.5. The van der Waals surface area contributed by atoms with Crippen LogP contribution in [0, 0.1) is 11.8 Å². The van der Waals surface area contributed by atoms with Crippen LogP contribution in [0.1, 0.15) is 38.2 Å². The zero-order valence-electron chi connectivity index (χ0n) is 13.8. The molecule has 1 N–H and O–H groups in total. The molecule has 0 aliphatic heterocycles. The van der Waals surface area contributed by atoms with Gasteiger partial charge in [0, 0.05) is 12.1 Å². The van der Waals surface area contributed by atoms with Crippen molar-refractivity contribution >= 4 is 10.8 Å². The lowest BCUT2D eigenvalue weighted by Crippen LogP contribution is -2.26. The molecule has 0 atom stereocenters. The van der Waals surface area contributed by atoms with E-state index in [2.05, 4.69) is 48.6 Å². The Hall–Kier alpha value is -1.54. The molecule has 118 valence electrons. The molecule has 0 heterocycles. The quantitative estimate of drug-likeness (QED) is 0.858. The molecule has 2 aromatic carbocycles. The molecule has 1 saturated carbocycles. The van der Waals surface area contributed by atoms with E-state index in [1.54, 1.807) is 7.11 Å². The number of hydrogen-bond acceptors (Lipinski definition) is 2. The van der Waals surface area contributed by atoms with Gasteiger partial charge in [0.25, 0.3) is 0 Å². The van der Waals surface area contributed by atoms with Crippen molar-refractivity contribution in [2.24, 2.45) is 11.8 Å². The zero-order valence-corrected chi connectivity index (χ0v) is 13.8. The Morgan fingerprint density at radius 1 is 1.05 bits per heavy atom. The molecule has 2 aromatic rings. The minimum atomic E-state index is 0.845. The second-order valence-corrected chi connectivity index (χ2v) is 6.72. The van der Waals surface area contributed by atoms with Gasteiger partial charge in [0.15, 0.2) is 0 Å². The molecule has 22 heavy (non-hydrogen) atoms. The van der Waals surface area contributed by atoms with Gasteiger partial charge in [-0.05, 0) is 48.1 Å². The van der Waals surface area contributed by atoms with Crippen LogP contribution in [0.25, 0.3) is 10.8 Å². The van der Waals surface area contributed by atoms with E-state index >= 15 is 0 Å². The highest BCUT2D eigenvalue weighted by Crippen LogP contribution is 2.29. The minimum Gasteiger partial charge on any atom is -0.496 e. The van der Waals surface area contributed by atoms with Crippen LogP contribution in [0.3, 0.4) is 0 Å². The van der Waals surface area contributed by atoms with Crippen molar-refractivity contribution in [1.82, 2.24) is 5.32 Å². The van der Waals surface area contributed by atoms with Crippen molar-refractivity contribution in [3.05, 3.63) is 42.0 Å². The fraction of sp³-hybridized carbons (Fsp3) is 0.500. The number of nitrogens with one attached hydrogen (secondary N) is 1. The molecule has 0 radical (unpaired) electrons. The van der Waals surface area contributed by atoms with E-state index in [1.807, 2.05) is 0 Å². The highest BCUT2D eigenvalue weighted by Gasteiger charge is 2.18. The fourth-order valence-corrected chi connectivity index (χ4v) is 3.62. The first-order chi connectivity index (χ1) is 10.8. The van der Waals surface area contributed by atoms with Gasteiger partial charge in [-0.15, -0.1) is 0 Å². The average Bonchev–Trinajstić information content (AvgIpc) is 2.56. The third kappa shape index (κ3) is 3.44. The second-order valence-electron chi connectivity index (χ2n) is 6.72. The van der Waals surface area contributed by atoms with Crippen LogP contribution in [0.5, 0.6) is 5.75 Å². The molecule has 2 heteroatoms. The Kier molecular flexibility index (Phi) is 4.99.